The lowest BCUT2D eigenvalue weighted by molar-refractivity contribution is -0.692. The molecule has 0 saturated heterocycles. The highest BCUT2D eigenvalue weighted by atomic mass is 35.5. The van der Waals surface area contributed by atoms with Gasteiger partial charge in [0, 0.05) is 30.5 Å². The lowest BCUT2D eigenvalue weighted by Crippen LogP contribution is -3.00. The average molecular weight is 308 g/mol. The van der Waals surface area contributed by atoms with Gasteiger partial charge in [-0.15, -0.1) is 0 Å². The summed E-state index contributed by atoms with van der Waals surface area (Å²) in [5.41, 5.74) is 2.15. The van der Waals surface area contributed by atoms with Crippen molar-refractivity contribution >= 4 is 24.5 Å². The molecule has 5 heteroatoms. The van der Waals surface area contributed by atoms with Gasteiger partial charge in [0.05, 0.1) is 11.9 Å². The molecule has 0 saturated carbocycles. The van der Waals surface area contributed by atoms with Crippen molar-refractivity contribution in [3.8, 4) is 0 Å². The number of hydrogen-bond acceptors (Lipinski definition) is 3. The topological polar surface area (TPSA) is 19.5 Å². The molecule has 1 aromatic carbocycles. The molecule has 0 N–H and O–H groups in total. The Hall–Kier alpha value is -1.52. The SMILES string of the molecule is CN(N=Cc1cc[n+](CCS)cc1)c1ccccc1.[Cl-]. The number of para-hydroxylation sites is 1. The summed E-state index contributed by atoms with van der Waals surface area (Å²) in [7, 11) is 1.94. The Morgan fingerprint density at radius 3 is 2.40 bits per heavy atom. The van der Waals surface area contributed by atoms with E-state index in [2.05, 4.69) is 22.3 Å². The van der Waals surface area contributed by atoms with E-state index in [1.54, 1.807) is 0 Å². The molecule has 1 aromatic heterocycles. The van der Waals surface area contributed by atoms with Gasteiger partial charge in [-0.25, -0.2) is 4.57 Å². The monoisotopic (exact) mass is 307 g/mol. The Balaban J connectivity index is 0.00000200. The molecule has 0 fully saturated rings. The largest absolute Gasteiger partial charge is 1.00 e. The molecule has 0 aliphatic rings. The van der Waals surface area contributed by atoms with Gasteiger partial charge >= 0.3 is 0 Å². The molecule has 2 rings (SSSR count). The summed E-state index contributed by atoms with van der Waals surface area (Å²) >= 11 is 4.21. The number of hydrazone groups is 1. The maximum Gasteiger partial charge on any atom is 0.169 e. The highest BCUT2D eigenvalue weighted by Crippen LogP contribution is 2.10. The van der Waals surface area contributed by atoms with Crippen LogP contribution in [0.15, 0.2) is 60.0 Å². The van der Waals surface area contributed by atoms with Gasteiger partial charge in [-0.2, -0.15) is 17.7 Å². The Morgan fingerprint density at radius 2 is 1.80 bits per heavy atom. The molecule has 2 aromatic rings. The van der Waals surface area contributed by atoms with E-state index in [1.807, 2.05) is 73.1 Å². The van der Waals surface area contributed by atoms with Gasteiger partial charge in [0.25, 0.3) is 0 Å². The first-order chi connectivity index (χ1) is 9.29. The number of thiol groups is 1. The molecule has 0 unspecified atom stereocenters. The van der Waals surface area contributed by atoms with Crippen LogP contribution in [-0.4, -0.2) is 19.0 Å². The number of benzene rings is 1. The van der Waals surface area contributed by atoms with E-state index >= 15 is 0 Å². The van der Waals surface area contributed by atoms with E-state index in [-0.39, 0.29) is 12.4 Å². The first-order valence-corrected chi connectivity index (χ1v) is 6.85. The van der Waals surface area contributed by atoms with Crippen molar-refractivity contribution in [3.63, 3.8) is 0 Å². The van der Waals surface area contributed by atoms with Crippen LogP contribution in [0.2, 0.25) is 0 Å². The van der Waals surface area contributed by atoms with Crippen molar-refractivity contribution in [1.82, 2.24) is 0 Å². The van der Waals surface area contributed by atoms with Crippen molar-refractivity contribution < 1.29 is 17.0 Å². The van der Waals surface area contributed by atoms with Crippen molar-refractivity contribution in [1.29, 1.82) is 0 Å². The number of anilines is 1. The Kier molecular flexibility index (Phi) is 7.12. The summed E-state index contributed by atoms with van der Waals surface area (Å²) < 4.78 is 2.10. The van der Waals surface area contributed by atoms with Crippen LogP contribution in [0.3, 0.4) is 0 Å². The predicted molar refractivity (Wildman–Crippen MR) is 82.9 cm³/mol. The molecule has 106 valence electrons. The van der Waals surface area contributed by atoms with E-state index in [9.17, 15) is 0 Å². The molecule has 20 heavy (non-hydrogen) atoms. The van der Waals surface area contributed by atoms with Crippen molar-refractivity contribution in [2.45, 2.75) is 6.54 Å². The molecule has 0 atom stereocenters. The van der Waals surface area contributed by atoms with Crippen LogP contribution in [0.4, 0.5) is 5.69 Å². The third kappa shape index (κ3) is 4.87. The minimum absolute atomic E-state index is 0. The number of pyridine rings is 1. The number of aryl methyl sites for hydroxylation is 1. The molecule has 0 spiro atoms. The van der Waals surface area contributed by atoms with Crippen LogP contribution < -0.4 is 22.0 Å². The molecule has 0 bridgehead atoms. The standard InChI is InChI=1S/C15H17N3S.ClH/c1-17(15-5-3-2-4-6-15)16-13-14-7-9-18(10-8-14)11-12-19;/h2-10,13H,11-12H2,1H3;1H. The fourth-order valence-corrected chi connectivity index (χ4v) is 1.91. The highest BCUT2D eigenvalue weighted by molar-refractivity contribution is 7.80. The van der Waals surface area contributed by atoms with Gasteiger partial charge in [0.2, 0.25) is 0 Å². The summed E-state index contributed by atoms with van der Waals surface area (Å²) in [6.45, 7) is 0.921. The van der Waals surface area contributed by atoms with Gasteiger partial charge in [-0.3, -0.25) is 5.01 Å². The molecular weight excluding hydrogens is 290 g/mol. The van der Waals surface area contributed by atoms with Crippen molar-refractivity contribution in [2.24, 2.45) is 5.10 Å². The van der Waals surface area contributed by atoms with E-state index in [0.29, 0.717) is 0 Å². The number of aromatic nitrogens is 1. The average Bonchev–Trinajstić information content (AvgIpc) is 2.47. The Morgan fingerprint density at radius 1 is 1.15 bits per heavy atom. The second-order valence-electron chi connectivity index (χ2n) is 4.20. The number of hydrogen-bond donors (Lipinski definition) is 1. The van der Waals surface area contributed by atoms with Crippen LogP contribution in [0, 0.1) is 0 Å². The molecule has 1 heterocycles. The first kappa shape index (κ1) is 16.5. The summed E-state index contributed by atoms with van der Waals surface area (Å²) in [4.78, 5) is 0. The van der Waals surface area contributed by atoms with Crippen LogP contribution in [0.5, 0.6) is 0 Å². The summed E-state index contributed by atoms with van der Waals surface area (Å²) in [5, 5.41) is 6.28. The lowest BCUT2D eigenvalue weighted by Gasteiger charge is -2.11. The normalized spacial score (nSPS) is 10.3. The van der Waals surface area contributed by atoms with Crippen LogP contribution in [-0.2, 0) is 6.54 Å². The third-order valence-corrected chi connectivity index (χ3v) is 2.98. The summed E-state index contributed by atoms with van der Waals surface area (Å²) in [5.74, 6) is 0.842. The Bertz CT molecular complexity index is 529. The van der Waals surface area contributed by atoms with Crippen LogP contribution in [0.1, 0.15) is 5.56 Å². The zero-order chi connectivity index (χ0) is 13.5. The van der Waals surface area contributed by atoms with Crippen molar-refractivity contribution in [2.75, 3.05) is 17.8 Å². The number of nitrogens with zero attached hydrogens (tertiary/aromatic N) is 3. The molecular formula is C15H18ClN3S. The highest BCUT2D eigenvalue weighted by Gasteiger charge is 1.99. The van der Waals surface area contributed by atoms with Gasteiger partial charge in [-0.05, 0) is 12.1 Å². The molecule has 3 nitrogen and oxygen atoms in total. The quantitative estimate of drug-likeness (QED) is 0.338. The molecule has 0 amide bonds. The van der Waals surface area contributed by atoms with Crippen molar-refractivity contribution in [3.05, 3.63) is 60.4 Å². The zero-order valence-corrected chi connectivity index (χ0v) is 13.0. The maximum atomic E-state index is 4.42. The van der Waals surface area contributed by atoms with E-state index < -0.39 is 0 Å². The van der Waals surface area contributed by atoms with Gasteiger partial charge in [-0.1, -0.05) is 18.2 Å². The number of halogens is 1. The molecule has 0 aliphatic carbocycles. The molecule has 0 aliphatic heterocycles. The van der Waals surface area contributed by atoms with Gasteiger partial charge in [0.1, 0.15) is 0 Å². The third-order valence-electron chi connectivity index (χ3n) is 2.78. The second kappa shape index (κ2) is 8.61. The fourth-order valence-electron chi connectivity index (χ4n) is 1.68. The molecule has 0 radical (unpaired) electrons. The van der Waals surface area contributed by atoms with E-state index in [1.165, 1.54) is 0 Å². The first-order valence-electron chi connectivity index (χ1n) is 6.22. The minimum atomic E-state index is 0. The summed E-state index contributed by atoms with van der Waals surface area (Å²) in [6.07, 6.45) is 5.94. The van der Waals surface area contributed by atoms with Crippen LogP contribution >= 0.6 is 12.6 Å². The fraction of sp³-hybridized carbons (Fsp3) is 0.200. The minimum Gasteiger partial charge on any atom is -1.00 e. The predicted octanol–water partition coefficient (Wildman–Crippen LogP) is -0.622. The lowest BCUT2D eigenvalue weighted by atomic mass is 10.3. The number of rotatable bonds is 5. The van der Waals surface area contributed by atoms with E-state index in [0.717, 1.165) is 23.5 Å². The smallest absolute Gasteiger partial charge is 0.169 e. The zero-order valence-electron chi connectivity index (χ0n) is 11.4. The second-order valence-corrected chi connectivity index (χ2v) is 4.64. The van der Waals surface area contributed by atoms with E-state index in [4.69, 9.17) is 0 Å². The van der Waals surface area contributed by atoms with Gasteiger partial charge < -0.3 is 12.4 Å². The van der Waals surface area contributed by atoms with Crippen LogP contribution in [0.25, 0.3) is 0 Å². The summed E-state index contributed by atoms with van der Waals surface area (Å²) in [6, 6.07) is 14.2. The Labute approximate surface area is 131 Å². The maximum absolute atomic E-state index is 4.42. The van der Waals surface area contributed by atoms with Gasteiger partial charge in [0.15, 0.2) is 18.9 Å².